The topological polar surface area (TPSA) is 94.6 Å². The molecule has 0 spiro atoms. The van der Waals surface area contributed by atoms with Crippen molar-refractivity contribution < 1.29 is 19.0 Å². The van der Waals surface area contributed by atoms with Gasteiger partial charge in [-0.15, -0.1) is 0 Å². The van der Waals surface area contributed by atoms with Gasteiger partial charge in [-0.25, -0.2) is 0 Å². The molecule has 0 amide bonds. The maximum Gasteiger partial charge on any atom is 0.205 e. The van der Waals surface area contributed by atoms with Crippen LogP contribution in [0.2, 0.25) is 0 Å². The highest BCUT2D eigenvalue weighted by Gasteiger charge is 2.38. The summed E-state index contributed by atoms with van der Waals surface area (Å²) in [5, 5.41) is 9.64. The van der Waals surface area contributed by atoms with E-state index in [1.807, 2.05) is 13.0 Å². The van der Waals surface area contributed by atoms with E-state index in [-0.39, 0.29) is 17.2 Å². The molecule has 0 fully saturated rings. The van der Waals surface area contributed by atoms with E-state index >= 15 is 0 Å². The third-order valence-electron chi connectivity index (χ3n) is 4.47. The first-order valence-corrected chi connectivity index (χ1v) is 9.15. The zero-order chi connectivity index (χ0) is 18.8. The van der Waals surface area contributed by atoms with Crippen LogP contribution in [0, 0.1) is 11.3 Å². The highest BCUT2D eigenvalue weighted by atomic mass is 79.9. The Hall–Kier alpha value is -2.46. The van der Waals surface area contributed by atoms with Crippen LogP contribution < -0.4 is 15.2 Å². The van der Waals surface area contributed by atoms with Gasteiger partial charge in [-0.2, -0.15) is 5.26 Å². The average Bonchev–Trinajstić information content (AvgIpc) is 2.61. The van der Waals surface area contributed by atoms with Gasteiger partial charge in [0.2, 0.25) is 5.88 Å². The number of Topliss-reactive ketones (excluding diaryl/α,β-unsaturated/α-hetero) is 1. The Morgan fingerprint density at radius 3 is 2.85 bits per heavy atom. The molecule has 2 aliphatic rings. The minimum absolute atomic E-state index is 0.0126. The predicted molar refractivity (Wildman–Crippen MR) is 98.4 cm³/mol. The molecule has 2 N–H and O–H groups in total. The molecule has 1 heterocycles. The molecular formula is C19H19BrN2O4. The fourth-order valence-corrected chi connectivity index (χ4v) is 4.03. The summed E-state index contributed by atoms with van der Waals surface area (Å²) in [4.78, 5) is 12.6. The molecular weight excluding hydrogens is 400 g/mol. The van der Waals surface area contributed by atoms with Crippen molar-refractivity contribution in [1.82, 2.24) is 0 Å². The lowest BCUT2D eigenvalue weighted by Gasteiger charge is -2.31. The summed E-state index contributed by atoms with van der Waals surface area (Å²) in [5.41, 5.74) is 7.46. The Kier molecular flexibility index (Phi) is 5.23. The molecule has 0 radical (unpaired) electrons. The van der Waals surface area contributed by atoms with Crippen LogP contribution in [0.15, 0.2) is 39.4 Å². The van der Waals surface area contributed by atoms with Gasteiger partial charge in [-0.1, -0.05) is 0 Å². The van der Waals surface area contributed by atoms with Gasteiger partial charge in [0.1, 0.15) is 17.4 Å². The Morgan fingerprint density at radius 2 is 2.19 bits per heavy atom. The largest absolute Gasteiger partial charge is 0.492 e. The van der Waals surface area contributed by atoms with Crippen molar-refractivity contribution >= 4 is 21.7 Å². The molecule has 3 rings (SSSR count). The normalized spacial score (nSPS) is 19.6. The number of nitrogens with zero attached hydrogens (tertiary/aromatic N) is 1. The molecule has 136 valence electrons. The second-order valence-corrected chi connectivity index (χ2v) is 6.86. The molecule has 1 aromatic carbocycles. The van der Waals surface area contributed by atoms with Crippen LogP contribution in [0.4, 0.5) is 0 Å². The van der Waals surface area contributed by atoms with Gasteiger partial charge in [-0.3, -0.25) is 4.79 Å². The van der Waals surface area contributed by atoms with E-state index < -0.39 is 5.92 Å². The van der Waals surface area contributed by atoms with E-state index in [1.165, 1.54) is 0 Å². The smallest absolute Gasteiger partial charge is 0.205 e. The zero-order valence-corrected chi connectivity index (χ0v) is 16.2. The van der Waals surface area contributed by atoms with Crippen molar-refractivity contribution in [2.45, 2.75) is 32.1 Å². The van der Waals surface area contributed by atoms with Gasteiger partial charge in [0, 0.05) is 18.4 Å². The molecule has 0 saturated heterocycles. The molecule has 0 unspecified atom stereocenters. The number of nitrogens with two attached hydrogens (primary N) is 1. The maximum absolute atomic E-state index is 12.6. The lowest BCUT2D eigenvalue weighted by Crippen LogP contribution is -2.27. The SMILES string of the molecule is CCOc1cc([C@H]2C(C#N)=C(N)OC3=C2C(=O)CCC3)cc(Br)c1OC. The molecule has 7 heteroatoms. The summed E-state index contributed by atoms with van der Waals surface area (Å²) in [5.74, 6) is 1.12. The molecule has 1 aromatic rings. The van der Waals surface area contributed by atoms with Gasteiger partial charge in [0.15, 0.2) is 17.3 Å². The highest BCUT2D eigenvalue weighted by molar-refractivity contribution is 9.10. The Bertz CT molecular complexity index is 867. The first-order chi connectivity index (χ1) is 12.5. The number of nitriles is 1. The summed E-state index contributed by atoms with van der Waals surface area (Å²) in [7, 11) is 1.56. The third kappa shape index (κ3) is 3.06. The standard InChI is InChI=1S/C19H19BrN2O4/c1-3-25-15-8-10(7-12(20)18(15)24-2)16-11(9-21)19(22)26-14-6-4-5-13(23)17(14)16/h7-8,16H,3-6,22H2,1-2H3/t16-/m0/s1. The second kappa shape index (κ2) is 7.42. The lowest BCUT2D eigenvalue weighted by atomic mass is 9.77. The number of carbonyl (C=O) groups excluding carboxylic acids is 1. The number of hydrogen-bond donors (Lipinski definition) is 1. The van der Waals surface area contributed by atoms with Crippen molar-refractivity contribution in [2.75, 3.05) is 13.7 Å². The molecule has 6 nitrogen and oxygen atoms in total. The van der Waals surface area contributed by atoms with Gasteiger partial charge in [-0.05, 0) is 47.0 Å². The molecule has 1 aliphatic heterocycles. The summed E-state index contributed by atoms with van der Waals surface area (Å²) in [6, 6.07) is 5.73. The first-order valence-electron chi connectivity index (χ1n) is 8.35. The van der Waals surface area contributed by atoms with Gasteiger partial charge in [0.05, 0.1) is 24.1 Å². The van der Waals surface area contributed by atoms with Crippen LogP contribution in [0.5, 0.6) is 11.5 Å². The number of allylic oxidation sites excluding steroid dienone is 3. The second-order valence-electron chi connectivity index (χ2n) is 6.01. The summed E-state index contributed by atoms with van der Waals surface area (Å²) < 4.78 is 17.3. The van der Waals surface area contributed by atoms with Crippen molar-refractivity contribution in [3.05, 3.63) is 45.0 Å². The van der Waals surface area contributed by atoms with Crippen molar-refractivity contribution in [2.24, 2.45) is 5.73 Å². The van der Waals surface area contributed by atoms with Crippen LogP contribution in [-0.4, -0.2) is 19.5 Å². The summed E-state index contributed by atoms with van der Waals surface area (Å²) in [6.45, 7) is 2.33. The van der Waals surface area contributed by atoms with E-state index in [0.29, 0.717) is 46.8 Å². The molecule has 26 heavy (non-hydrogen) atoms. The Balaban J connectivity index is 2.21. The molecule has 1 atom stereocenters. The van der Waals surface area contributed by atoms with Gasteiger partial charge < -0.3 is 19.9 Å². The van der Waals surface area contributed by atoms with Crippen LogP contribution in [0.25, 0.3) is 0 Å². The van der Waals surface area contributed by atoms with Crippen LogP contribution in [-0.2, 0) is 9.53 Å². The number of methoxy groups -OCH3 is 1. The number of benzene rings is 1. The van der Waals surface area contributed by atoms with E-state index in [4.69, 9.17) is 19.9 Å². The number of hydrogen-bond acceptors (Lipinski definition) is 6. The van der Waals surface area contributed by atoms with Crippen molar-refractivity contribution in [1.29, 1.82) is 5.26 Å². The third-order valence-corrected chi connectivity index (χ3v) is 5.06. The number of ketones is 1. The van der Waals surface area contributed by atoms with E-state index in [0.717, 1.165) is 12.0 Å². The molecule has 0 saturated carbocycles. The van der Waals surface area contributed by atoms with E-state index in [9.17, 15) is 10.1 Å². The highest BCUT2D eigenvalue weighted by Crippen LogP contribution is 2.46. The summed E-state index contributed by atoms with van der Waals surface area (Å²) >= 11 is 3.49. The Morgan fingerprint density at radius 1 is 1.42 bits per heavy atom. The number of rotatable bonds is 4. The first kappa shape index (κ1) is 18.3. The number of halogens is 1. The molecule has 0 aromatic heterocycles. The molecule has 0 bridgehead atoms. The van der Waals surface area contributed by atoms with Gasteiger partial charge in [0.25, 0.3) is 0 Å². The number of carbonyl (C=O) groups is 1. The lowest BCUT2D eigenvalue weighted by molar-refractivity contribution is -0.116. The fourth-order valence-electron chi connectivity index (χ4n) is 3.41. The quantitative estimate of drug-likeness (QED) is 0.801. The monoisotopic (exact) mass is 418 g/mol. The van der Waals surface area contributed by atoms with E-state index in [2.05, 4.69) is 22.0 Å². The van der Waals surface area contributed by atoms with Crippen LogP contribution in [0.3, 0.4) is 0 Å². The Labute approximate surface area is 160 Å². The minimum atomic E-state index is -0.571. The zero-order valence-electron chi connectivity index (χ0n) is 14.6. The van der Waals surface area contributed by atoms with Crippen molar-refractivity contribution in [3.63, 3.8) is 0 Å². The summed E-state index contributed by atoms with van der Waals surface area (Å²) in [6.07, 6.45) is 1.79. The van der Waals surface area contributed by atoms with Crippen molar-refractivity contribution in [3.8, 4) is 17.6 Å². The van der Waals surface area contributed by atoms with E-state index in [1.54, 1.807) is 13.2 Å². The maximum atomic E-state index is 12.6. The molecule has 1 aliphatic carbocycles. The average molecular weight is 419 g/mol. The van der Waals surface area contributed by atoms with Crippen LogP contribution in [0.1, 0.15) is 37.7 Å². The predicted octanol–water partition coefficient (Wildman–Crippen LogP) is 3.67. The number of ether oxygens (including phenoxy) is 3. The van der Waals surface area contributed by atoms with Gasteiger partial charge >= 0.3 is 0 Å². The van der Waals surface area contributed by atoms with Crippen LogP contribution >= 0.6 is 15.9 Å². The fraction of sp³-hybridized carbons (Fsp3) is 0.368. The minimum Gasteiger partial charge on any atom is -0.492 e.